The highest BCUT2D eigenvalue weighted by Crippen LogP contribution is 2.20. The predicted octanol–water partition coefficient (Wildman–Crippen LogP) is 0.633. The third-order valence-electron chi connectivity index (χ3n) is 4.34. The van der Waals surface area contributed by atoms with Gasteiger partial charge in [0.15, 0.2) is 0 Å². The average molecular weight is 363 g/mol. The Morgan fingerprint density at radius 3 is 2.81 bits per heavy atom. The molecule has 2 N–H and O–H groups in total. The molecule has 1 saturated heterocycles. The highest BCUT2D eigenvalue weighted by atomic mass is 16.6. The van der Waals surface area contributed by atoms with Gasteiger partial charge in [0.05, 0.1) is 12.2 Å². The molecule has 1 unspecified atom stereocenters. The molecule has 2 aliphatic rings. The number of nitrogens with one attached hydrogen (secondary N) is 1. The second-order valence-corrected chi connectivity index (χ2v) is 7.58. The highest BCUT2D eigenvalue weighted by Gasteiger charge is 2.31. The molecule has 0 aromatic carbocycles. The van der Waals surface area contributed by atoms with E-state index in [9.17, 15) is 9.59 Å². The molecule has 1 aromatic rings. The van der Waals surface area contributed by atoms with Crippen molar-refractivity contribution in [3.63, 3.8) is 0 Å². The molecule has 0 bridgehead atoms. The third-order valence-corrected chi connectivity index (χ3v) is 4.34. The fraction of sp³-hybridized carbons (Fsp3) is 0.647. The summed E-state index contributed by atoms with van der Waals surface area (Å²) in [4.78, 5) is 35.7. The van der Waals surface area contributed by atoms with E-state index in [-0.39, 0.29) is 5.97 Å². The number of aromatic nitrogens is 2. The summed E-state index contributed by atoms with van der Waals surface area (Å²) >= 11 is 0. The van der Waals surface area contributed by atoms with Crippen molar-refractivity contribution in [3.8, 4) is 0 Å². The Hall–Kier alpha value is -2.42. The minimum Gasteiger partial charge on any atom is -0.465 e. The van der Waals surface area contributed by atoms with Crippen molar-refractivity contribution in [3.05, 3.63) is 17.5 Å². The molecule has 2 aliphatic heterocycles. The summed E-state index contributed by atoms with van der Waals surface area (Å²) < 4.78 is 5.46. The number of hydrogen-bond acceptors (Lipinski definition) is 7. The summed E-state index contributed by atoms with van der Waals surface area (Å²) in [5, 5.41) is 12.3. The van der Waals surface area contributed by atoms with Crippen LogP contribution in [-0.4, -0.2) is 69.9 Å². The van der Waals surface area contributed by atoms with Crippen molar-refractivity contribution >= 4 is 18.0 Å². The molecule has 3 heterocycles. The minimum atomic E-state index is -0.929. The number of rotatable bonds is 2. The molecule has 142 valence electrons. The second kappa shape index (κ2) is 7.06. The van der Waals surface area contributed by atoms with Crippen LogP contribution in [0, 0.1) is 0 Å². The van der Waals surface area contributed by atoms with Crippen LogP contribution >= 0.6 is 0 Å². The van der Waals surface area contributed by atoms with Crippen molar-refractivity contribution in [2.24, 2.45) is 0 Å². The lowest BCUT2D eigenvalue weighted by molar-refractivity contribution is -0.157. The smallest absolute Gasteiger partial charge is 0.407 e. The van der Waals surface area contributed by atoms with Gasteiger partial charge in [0.1, 0.15) is 11.6 Å². The molecule has 1 aromatic heterocycles. The maximum absolute atomic E-state index is 12.3. The molecule has 0 spiro atoms. The summed E-state index contributed by atoms with van der Waals surface area (Å²) in [6.45, 7) is 8.05. The number of ether oxygens (including phenoxy) is 1. The van der Waals surface area contributed by atoms with Gasteiger partial charge in [0.2, 0.25) is 5.95 Å². The molecule has 0 aliphatic carbocycles. The second-order valence-electron chi connectivity index (χ2n) is 7.58. The van der Waals surface area contributed by atoms with Gasteiger partial charge in [-0.05, 0) is 20.8 Å². The van der Waals surface area contributed by atoms with Gasteiger partial charge in [0, 0.05) is 44.4 Å². The van der Waals surface area contributed by atoms with E-state index in [1.165, 1.54) is 4.90 Å². The minimum absolute atomic E-state index is 0.280. The quantitative estimate of drug-likeness (QED) is 0.737. The molecule has 3 rings (SSSR count). The molecule has 26 heavy (non-hydrogen) atoms. The SMILES string of the molecule is CC(C)(C)OC(=O)C1CN(c2ncc3c(n2)CCN(C(=O)O)C3)CCN1. The molecular weight excluding hydrogens is 338 g/mol. The molecule has 9 heteroatoms. The Labute approximate surface area is 152 Å². The molecule has 1 fully saturated rings. The van der Waals surface area contributed by atoms with Crippen molar-refractivity contribution in [2.45, 2.75) is 45.4 Å². The zero-order chi connectivity index (χ0) is 18.9. The van der Waals surface area contributed by atoms with Gasteiger partial charge in [-0.1, -0.05) is 0 Å². The van der Waals surface area contributed by atoms with Gasteiger partial charge >= 0.3 is 12.1 Å². The summed E-state index contributed by atoms with van der Waals surface area (Å²) in [6, 6.07) is -0.426. The van der Waals surface area contributed by atoms with Crippen molar-refractivity contribution in [1.29, 1.82) is 0 Å². The van der Waals surface area contributed by atoms with Crippen LogP contribution < -0.4 is 10.2 Å². The van der Waals surface area contributed by atoms with Crippen LogP contribution in [0.3, 0.4) is 0 Å². The Balaban J connectivity index is 1.69. The largest absolute Gasteiger partial charge is 0.465 e. The van der Waals surface area contributed by atoms with Crippen molar-refractivity contribution in [2.75, 3.05) is 31.1 Å². The topological polar surface area (TPSA) is 108 Å². The van der Waals surface area contributed by atoms with Crippen LogP contribution in [0.15, 0.2) is 6.20 Å². The molecule has 1 atom stereocenters. The van der Waals surface area contributed by atoms with Crippen molar-refractivity contribution < 1.29 is 19.4 Å². The maximum Gasteiger partial charge on any atom is 0.407 e. The summed E-state index contributed by atoms with van der Waals surface area (Å²) in [5.74, 6) is 0.292. The van der Waals surface area contributed by atoms with E-state index in [2.05, 4.69) is 15.3 Å². The van der Waals surface area contributed by atoms with E-state index in [1.807, 2.05) is 25.7 Å². The first-order chi connectivity index (χ1) is 12.2. The van der Waals surface area contributed by atoms with Gasteiger partial charge in [0.25, 0.3) is 0 Å². The van der Waals surface area contributed by atoms with Gasteiger partial charge in [-0.15, -0.1) is 0 Å². The maximum atomic E-state index is 12.3. The van der Waals surface area contributed by atoms with Gasteiger partial charge in [-0.25, -0.2) is 14.8 Å². The van der Waals surface area contributed by atoms with Crippen LogP contribution in [0.4, 0.5) is 10.7 Å². The fourth-order valence-corrected chi connectivity index (χ4v) is 3.08. The Morgan fingerprint density at radius 1 is 1.35 bits per heavy atom. The Bertz CT molecular complexity index is 703. The molecule has 9 nitrogen and oxygen atoms in total. The predicted molar refractivity (Wildman–Crippen MR) is 94.0 cm³/mol. The normalized spacial score (nSPS) is 20.5. The number of carboxylic acid groups (broad SMARTS) is 1. The number of anilines is 1. The molecule has 1 amide bonds. The van der Waals surface area contributed by atoms with E-state index in [1.54, 1.807) is 6.20 Å². The number of amides is 1. The number of fused-ring (bicyclic) bond motifs is 1. The summed E-state index contributed by atoms with van der Waals surface area (Å²) in [6.07, 6.45) is 1.33. The molecule has 0 saturated carbocycles. The Kier molecular flexibility index (Phi) is 4.99. The first kappa shape index (κ1) is 18.4. The van der Waals surface area contributed by atoms with Gasteiger partial charge in [-0.3, -0.25) is 4.79 Å². The summed E-state index contributed by atoms with van der Waals surface area (Å²) in [5.41, 5.74) is 1.18. The monoisotopic (exact) mass is 363 g/mol. The number of carbonyl (C=O) groups is 2. The number of esters is 1. The van der Waals surface area contributed by atoms with Crippen LogP contribution in [0.5, 0.6) is 0 Å². The lowest BCUT2D eigenvalue weighted by Crippen LogP contribution is -2.56. The van der Waals surface area contributed by atoms with Crippen LogP contribution in [0.25, 0.3) is 0 Å². The van der Waals surface area contributed by atoms with E-state index in [0.29, 0.717) is 45.1 Å². The van der Waals surface area contributed by atoms with Crippen LogP contribution in [0.1, 0.15) is 32.0 Å². The zero-order valence-corrected chi connectivity index (χ0v) is 15.4. The zero-order valence-electron chi connectivity index (χ0n) is 15.4. The van der Waals surface area contributed by atoms with Crippen LogP contribution in [0.2, 0.25) is 0 Å². The lowest BCUT2D eigenvalue weighted by atomic mass is 10.1. The van der Waals surface area contributed by atoms with E-state index in [4.69, 9.17) is 9.84 Å². The average Bonchev–Trinajstić information content (AvgIpc) is 2.59. The summed E-state index contributed by atoms with van der Waals surface area (Å²) in [7, 11) is 0. The Morgan fingerprint density at radius 2 is 2.12 bits per heavy atom. The van der Waals surface area contributed by atoms with Gasteiger partial charge < -0.3 is 25.0 Å². The molecule has 0 radical (unpaired) electrons. The number of carbonyl (C=O) groups excluding carboxylic acids is 1. The van der Waals surface area contributed by atoms with Gasteiger partial charge in [-0.2, -0.15) is 0 Å². The standard InChI is InChI=1S/C17H25N5O4/c1-17(2,3)26-14(23)13-10-21(7-5-18-13)15-19-8-11-9-22(16(24)25)6-4-12(11)20-15/h8,13,18H,4-7,9-10H2,1-3H3,(H,24,25). The first-order valence-electron chi connectivity index (χ1n) is 8.77. The van der Waals surface area contributed by atoms with E-state index >= 15 is 0 Å². The number of piperazine rings is 1. The molecular formula is C17H25N5O4. The highest BCUT2D eigenvalue weighted by molar-refractivity contribution is 5.77. The van der Waals surface area contributed by atoms with E-state index < -0.39 is 17.7 Å². The number of nitrogens with zero attached hydrogens (tertiary/aromatic N) is 4. The van der Waals surface area contributed by atoms with E-state index in [0.717, 1.165) is 11.3 Å². The number of hydrogen-bond donors (Lipinski definition) is 2. The third kappa shape index (κ3) is 4.21. The lowest BCUT2D eigenvalue weighted by Gasteiger charge is -2.34. The van der Waals surface area contributed by atoms with Crippen LogP contribution in [-0.2, 0) is 22.5 Å². The van der Waals surface area contributed by atoms with Crippen molar-refractivity contribution in [1.82, 2.24) is 20.2 Å². The fourth-order valence-electron chi connectivity index (χ4n) is 3.08. The first-order valence-corrected chi connectivity index (χ1v) is 8.77.